The van der Waals surface area contributed by atoms with Crippen LogP contribution in [-0.2, 0) is 16.1 Å². The lowest BCUT2D eigenvalue weighted by Crippen LogP contribution is -2.43. The largest absolute Gasteiger partial charge is 0.368 e. The van der Waals surface area contributed by atoms with Crippen LogP contribution in [0, 0.1) is 5.41 Å². The molecule has 1 fully saturated rings. The van der Waals surface area contributed by atoms with E-state index in [0.29, 0.717) is 19.5 Å². The van der Waals surface area contributed by atoms with E-state index >= 15 is 0 Å². The highest BCUT2D eigenvalue weighted by molar-refractivity contribution is 5.84. The molecule has 0 atom stereocenters. The predicted octanol–water partition coefficient (Wildman–Crippen LogP) is 1.80. The van der Waals surface area contributed by atoms with Crippen molar-refractivity contribution in [2.24, 2.45) is 16.9 Å². The van der Waals surface area contributed by atoms with Gasteiger partial charge in [-0.15, -0.1) is 0 Å². The summed E-state index contributed by atoms with van der Waals surface area (Å²) in [5, 5.41) is 0. The van der Waals surface area contributed by atoms with Crippen LogP contribution < -0.4 is 11.5 Å². The smallest absolute Gasteiger partial charge is 0.237 e. The highest BCUT2D eigenvalue weighted by atomic mass is 16.2. The van der Waals surface area contributed by atoms with Gasteiger partial charge in [0.1, 0.15) is 0 Å². The van der Waals surface area contributed by atoms with Gasteiger partial charge >= 0.3 is 0 Å². The molecule has 0 aromatic heterocycles. The lowest BCUT2D eigenvalue weighted by Gasteiger charge is -2.37. The molecule has 1 aromatic rings. The molecule has 0 saturated heterocycles. The van der Waals surface area contributed by atoms with Crippen LogP contribution >= 0.6 is 0 Å². The van der Waals surface area contributed by atoms with Gasteiger partial charge in [-0.05, 0) is 30.4 Å². The first-order valence-corrected chi connectivity index (χ1v) is 8.35. The van der Waals surface area contributed by atoms with Crippen molar-refractivity contribution in [2.45, 2.75) is 45.1 Å². The fourth-order valence-corrected chi connectivity index (χ4v) is 3.41. The molecule has 0 unspecified atom stereocenters. The average Bonchev–Trinajstić information content (AvgIpc) is 2.55. The normalized spacial score (nSPS) is 16.7. The van der Waals surface area contributed by atoms with E-state index in [9.17, 15) is 9.59 Å². The standard InChI is InChI=1S/C18H27N3O2/c19-14-18(9-5-2-6-10-18)11-17(23)21(13-16(20)22)12-15-7-3-1-4-8-15/h1,3-4,7-8H,2,5-6,9-14,19H2,(H2,20,22). The molecule has 23 heavy (non-hydrogen) atoms. The number of nitrogens with two attached hydrogens (primary N) is 2. The van der Waals surface area contributed by atoms with Crippen LogP contribution in [0.15, 0.2) is 30.3 Å². The number of amides is 2. The summed E-state index contributed by atoms with van der Waals surface area (Å²) in [5.41, 5.74) is 12.2. The van der Waals surface area contributed by atoms with Gasteiger partial charge in [0.05, 0.1) is 6.54 Å². The number of carbonyl (C=O) groups excluding carboxylic acids is 2. The van der Waals surface area contributed by atoms with E-state index in [1.165, 1.54) is 6.42 Å². The molecular formula is C18H27N3O2. The van der Waals surface area contributed by atoms with Gasteiger partial charge in [-0.3, -0.25) is 9.59 Å². The molecule has 1 saturated carbocycles. The van der Waals surface area contributed by atoms with Gasteiger partial charge in [-0.2, -0.15) is 0 Å². The SMILES string of the molecule is NCC1(CC(=O)N(CC(N)=O)Cc2ccccc2)CCCCC1. The Morgan fingerprint density at radius 3 is 2.30 bits per heavy atom. The van der Waals surface area contributed by atoms with Gasteiger partial charge in [-0.25, -0.2) is 0 Å². The number of hydrogen-bond acceptors (Lipinski definition) is 3. The lowest BCUT2D eigenvalue weighted by atomic mass is 9.71. The molecule has 1 aromatic carbocycles. The Balaban J connectivity index is 2.07. The zero-order chi connectivity index (χ0) is 16.7. The minimum atomic E-state index is -0.486. The van der Waals surface area contributed by atoms with Crippen LogP contribution in [0.3, 0.4) is 0 Å². The number of benzene rings is 1. The first-order chi connectivity index (χ1) is 11.0. The topological polar surface area (TPSA) is 89.4 Å². The van der Waals surface area contributed by atoms with E-state index < -0.39 is 5.91 Å². The molecule has 0 spiro atoms. The van der Waals surface area contributed by atoms with Crippen molar-refractivity contribution in [3.63, 3.8) is 0 Å². The van der Waals surface area contributed by atoms with Gasteiger partial charge in [-0.1, -0.05) is 49.6 Å². The molecule has 1 aliphatic carbocycles. The van der Waals surface area contributed by atoms with E-state index in [4.69, 9.17) is 11.5 Å². The molecule has 5 heteroatoms. The number of nitrogens with zero attached hydrogens (tertiary/aromatic N) is 1. The monoisotopic (exact) mass is 317 g/mol. The van der Waals surface area contributed by atoms with Crippen molar-refractivity contribution in [3.05, 3.63) is 35.9 Å². The Morgan fingerprint density at radius 1 is 1.09 bits per heavy atom. The second kappa shape index (κ2) is 8.11. The molecule has 2 rings (SSSR count). The molecular weight excluding hydrogens is 290 g/mol. The minimum Gasteiger partial charge on any atom is -0.368 e. The molecule has 5 nitrogen and oxygen atoms in total. The summed E-state index contributed by atoms with van der Waals surface area (Å²) in [5.74, 6) is -0.514. The third-order valence-corrected chi connectivity index (χ3v) is 4.79. The molecule has 126 valence electrons. The van der Waals surface area contributed by atoms with Crippen LogP contribution in [0.2, 0.25) is 0 Å². The van der Waals surface area contributed by atoms with Gasteiger partial charge in [0.25, 0.3) is 0 Å². The van der Waals surface area contributed by atoms with Crippen LogP contribution in [0.1, 0.15) is 44.1 Å². The minimum absolute atomic E-state index is 0.0278. The maximum Gasteiger partial charge on any atom is 0.237 e. The Morgan fingerprint density at radius 2 is 1.74 bits per heavy atom. The van der Waals surface area contributed by atoms with Crippen molar-refractivity contribution in [1.29, 1.82) is 0 Å². The zero-order valence-electron chi connectivity index (χ0n) is 13.7. The third-order valence-electron chi connectivity index (χ3n) is 4.79. The summed E-state index contributed by atoms with van der Waals surface area (Å²) < 4.78 is 0. The van der Waals surface area contributed by atoms with Crippen molar-refractivity contribution in [3.8, 4) is 0 Å². The lowest BCUT2D eigenvalue weighted by molar-refractivity contribution is -0.138. The van der Waals surface area contributed by atoms with Crippen LogP contribution in [0.4, 0.5) is 0 Å². The summed E-state index contributed by atoms with van der Waals surface area (Å²) in [7, 11) is 0. The molecule has 0 radical (unpaired) electrons. The second-order valence-corrected chi connectivity index (χ2v) is 6.64. The van der Waals surface area contributed by atoms with Crippen LogP contribution in [0.25, 0.3) is 0 Å². The van der Waals surface area contributed by atoms with E-state index in [-0.39, 0.29) is 17.9 Å². The molecule has 4 N–H and O–H groups in total. The Labute approximate surface area is 138 Å². The highest BCUT2D eigenvalue weighted by Crippen LogP contribution is 2.38. The third kappa shape index (κ3) is 5.06. The zero-order valence-corrected chi connectivity index (χ0v) is 13.7. The van der Waals surface area contributed by atoms with Gasteiger partial charge < -0.3 is 16.4 Å². The summed E-state index contributed by atoms with van der Waals surface area (Å²) in [6.07, 6.45) is 5.85. The van der Waals surface area contributed by atoms with Gasteiger partial charge in [0.2, 0.25) is 11.8 Å². The van der Waals surface area contributed by atoms with E-state index in [2.05, 4.69) is 0 Å². The Hall–Kier alpha value is -1.88. The number of hydrogen-bond donors (Lipinski definition) is 2. The Kier molecular flexibility index (Phi) is 6.16. The first-order valence-electron chi connectivity index (χ1n) is 8.35. The summed E-state index contributed by atoms with van der Waals surface area (Å²) in [6, 6.07) is 9.66. The van der Waals surface area contributed by atoms with Crippen LogP contribution in [0.5, 0.6) is 0 Å². The number of primary amides is 1. The number of carbonyl (C=O) groups is 2. The van der Waals surface area contributed by atoms with Gasteiger partial charge in [0.15, 0.2) is 0 Å². The first kappa shape index (κ1) is 17.5. The summed E-state index contributed by atoms with van der Waals surface area (Å²) in [6.45, 7) is 0.881. The quantitative estimate of drug-likeness (QED) is 0.803. The summed E-state index contributed by atoms with van der Waals surface area (Å²) in [4.78, 5) is 25.7. The van der Waals surface area contributed by atoms with E-state index in [1.54, 1.807) is 4.90 Å². The molecule has 0 aliphatic heterocycles. The molecule has 1 aliphatic rings. The van der Waals surface area contributed by atoms with E-state index in [0.717, 1.165) is 31.2 Å². The van der Waals surface area contributed by atoms with Crippen molar-refractivity contribution in [1.82, 2.24) is 4.90 Å². The fourth-order valence-electron chi connectivity index (χ4n) is 3.41. The van der Waals surface area contributed by atoms with Gasteiger partial charge in [0, 0.05) is 13.0 Å². The maximum absolute atomic E-state index is 12.8. The van der Waals surface area contributed by atoms with E-state index in [1.807, 2.05) is 30.3 Å². The molecule has 0 heterocycles. The van der Waals surface area contributed by atoms with Crippen molar-refractivity contribution in [2.75, 3.05) is 13.1 Å². The Bertz CT molecular complexity index is 524. The molecule has 0 bridgehead atoms. The summed E-state index contributed by atoms with van der Waals surface area (Å²) >= 11 is 0. The van der Waals surface area contributed by atoms with Crippen LogP contribution in [-0.4, -0.2) is 29.8 Å². The number of rotatable bonds is 7. The van der Waals surface area contributed by atoms with Crippen molar-refractivity contribution >= 4 is 11.8 Å². The predicted molar refractivity (Wildman–Crippen MR) is 90.2 cm³/mol. The van der Waals surface area contributed by atoms with Crippen molar-refractivity contribution < 1.29 is 9.59 Å². The highest BCUT2D eigenvalue weighted by Gasteiger charge is 2.34. The second-order valence-electron chi connectivity index (χ2n) is 6.64. The average molecular weight is 317 g/mol. The molecule has 2 amide bonds. The maximum atomic E-state index is 12.8. The fraction of sp³-hybridized carbons (Fsp3) is 0.556.